The fraction of sp³-hybridized carbons (Fsp3) is 0.533. The highest BCUT2D eigenvalue weighted by Crippen LogP contribution is 2.24. The Bertz CT molecular complexity index is 603. The predicted molar refractivity (Wildman–Crippen MR) is 78.9 cm³/mol. The van der Waals surface area contributed by atoms with Crippen LogP contribution in [0.3, 0.4) is 0 Å². The average Bonchev–Trinajstić information content (AvgIpc) is 2.93. The lowest BCUT2D eigenvalue weighted by molar-refractivity contribution is 0.147. The van der Waals surface area contributed by atoms with Crippen molar-refractivity contribution in [3.05, 3.63) is 30.1 Å². The highest BCUT2D eigenvalue weighted by molar-refractivity contribution is 5.51. The second-order valence-electron chi connectivity index (χ2n) is 5.59. The van der Waals surface area contributed by atoms with Gasteiger partial charge in [0.25, 0.3) is 6.43 Å². The standard InChI is InChI=1S/C15H20F2N4/c1-18-10-5-7-11(8-6-10)19-13-3-2-4-14-20-12(15(16)17)9-21(13)14/h2-4,9-11,15,18-19H,5-8H2,1H3. The molecule has 0 aliphatic heterocycles. The molecule has 1 saturated carbocycles. The van der Waals surface area contributed by atoms with Crippen LogP contribution in [0.15, 0.2) is 24.4 Å². The van der Waals surface area contributed by atoms with Crippen LogP contribution in [-0.2, 0) is 0 Å². The van der Waals surface area contributed by atoms with Crippen molar-refractivity contribution >= 4 is 11.5 Å². The highest BCUT2D eigenvalue weighted by atomic mass is 19.3. The number of fused-ring (bicyclic) bond motifs is 1. The first-order chi connectivity index (χ1) is 10.2. The quantitative estimate of drug-likeness (QED) is 0.910. The fourth-order valence-corrected chi connectivity index (χ4v) is 2.99. The molecule has 2 aromatic heterocycles. The smallest absolute Gasteiger partial charge is 0.281 e. The number of halogens is 2. The Morgan fingerprint density at radius 3 is 2.57 bits per heavy atom. The second kappa shape index (κ2) is 5.97. The lowest BCUT2D eigenvalue weighted by Crippen LogP contribution is -2.35. The molecule has 0 amide bonds. The van der Waals surface area contributed by atoms with E-state index in [0.29, 0.717) is 17.7 Å². The van der Waals surface area contributed by atoms with Gasteiger partial charge in [-0.15, -0.1) is 0 Å². The zero-order valence-corrected chi connectivity index (χ0v) is 12.0. The van der Waals surface area contributed by atoms with Gasteiger partial charge in [0.15, 0.2) is 0 Å². The molecule has 0 atom stereocenters. The summed E-state index contributed by atoms with van der Waals surface area (Å²) < 4.78 is 27.3. The maximum atomic E-state index is 12.8. The molecule has 21 heavy (non-hydrogen) atoms. The molecule has 4 nitrogen and oxygen atoms in total. The van der Waals surface area contributed by atoms with E-state index in [1.54, 1.807) is 10.5 Å². The number of nitrogens with one attached hydrogen (secondary N) is 2. The normalized spacial score (nSPS) is 22.9. The van der Waals surface area contributed by atoms with Crippen molar-refractivity contribution < 1.29 is 8.78 Å². The average molecular weight is 294 g/mol. The van der Waals surface area contributed by atoms with Crippen LogP contribution in [0.4, 0.5) is 14.6 Å². The number of anilines is 1. The maximum absolute atomic E-state index is 12.8. The number of hydrogen-bond donors (Lipinski definition) is 2. The van der Waals surface area contributed by atoms with Gasteiger partial charge in [0, 0.05) is 18.3 Å². The van der Waals surface area contributed by atoms with Crippen LogP contribution in [0.25, 0.3) is 5.65 Å². The van der Waals surface area contributed by atoms with Crippen LogP contribution >= 0.6 is 0 Å². The summed E-state index contributed by atoms with van der Waals surface area (Å²) in [7, 11) is 2.00. The molecular weight excluding hydrogens is 274 g/mol. The molecule has 114 valence electrons. The molecule has 0 radical (unpaired) electrons. The Kier molecular flexibility index (Phi) is 4.05. The van der Waals surface area contributed by atoms with Gasteiger partial charge in [-0.05, 0) is 44.9 Å². The summed E-state index contributed by atoms with van der Waals surface area (Å²) in [5.74, 6) is 0.833. The van der Waals surface area contributed by atoms with Gasteiger partial charge < -0.3 is 10.6 Å². The van der Waals surface area contributed by atoms with Crippen molar-refractivity contribution in [3.8, 4) is 0 Å². The summed E-state index contributed by atoms with van der Waals surface area (Å²) in [6.07, 6.45) is 3.31. The van der Waals surface area contributed by atoms with Crippen molar-refractivity contribution in [3.63, 3.8) is 0 Å². The van der Waals surface area contributed by atoms with E-state index in [-0.39, 0.29) is 5.69 Å². The van der Waals surface area contributed by atoms with Crippen molar-refractivity contribution in [1.82, 2.24) is 14.7 Å². The molecule has 0 spiro atoms. The summed E-state index contributed by atoms with van der Waals surface area (Å²) in [6.45, 7) is 0. The monoisotopic (exact) mass is 294 g/mol. The Morgan fingerprint density at radius 1 is 1.19 bits per heavy atom. The van der Waals surface area contributed by atoms with Crippen LogP contribution in [0.5, 0.6) is 0 Å². The number of aromatic nitrogens is 2. The lowest BCUT2D eigenvalue weighted by Gasteiger charge is -2.29. The first-order valence-electron chi connectivity index (χ1n) is 7.37. The molecule has 0 unspecified atom stereocenters. The van der Waals surface area contributed by atoms with E-state index >= 15 is 0 Å². The molecule has 2 aromatic rings. The van der Waals surface area contributed by atoms with Gasteiger partial charge in [-0.2, -0.15) is 0 Å². The van der Waals surface area contributed by atoms with Crippen LogP contribution in [-0.4, -0.2) is 28.5 Å². The molecular formula is C15H20F2N4. The van der Waals surface area contributed by atoms with E-state index in [1.807, 2.05) is 19.2 Å². The van der Waals surface area contributed by atoms with Gasteiger partial charge in [0.05, 0.1) is 0 Å². The minimum Gasteiger partial charge on any atom is -0.368 e. The topological polar surface area (TPSA) is 41.4 Å². The minimum atomic E-state index is -2.54. The van der Waals surface area contributed by atoms with Crippen molar-refractivity contribution in [2.75, 3.05) is 12.4 Å². The Labute approximate surface area is 122 Å². The molecule has 2 heterocycles. The van der Waals surface area contributed by atoms with Gasteiger partial charge in [-0.25, -0.2) is 13.8 Å². The Balaban J connectivity index is 1.78. The summed E-state index contributed by atoms with van der Waals surface area (Å²) in [5.41, 5.74) is 0.377. The number of alkyl halides is 2. The van der Waals surface area contributed by atoms with Gasteiger partial charge >= 0.3 is 0 Å². The molecule has 1 fully saturated rings. The SMILES string of the molecule is CNC1CCC(Nc2cccc3nc(C(F)F)cn23)CC1. The largest absolute Gasteiger partial charge is 0.368 e. The van der Waals surface area contributed by atoms with Gasteiger partial charge in [0.2, 0.25) is 0 Å². The summed E-state index contributed by atoms with van der Waals surface area (Å²) in [5, 5.41) is 6.78. The first-order valence-corrected chi connectivity index (χ1v) is 7.37. The Hall–Kier alpha value is -1.69. The second-order valence-corrected chi connectivity index (χ2v) is 5.59. The van der Waals surface area contributed by atoms with Gasteiger partial charge in [0.1, 0.15) is 17.2 Å². The predicted octanol–water partition coefficient (Wildman–Crippen LogP) is 3.21. The van der Waals surface area contributed by atoms with Crippen molar-refractivity contribution in [2.24, 2.45) is 0 Å². The third-order valence-electron chi connectivity index (χ3n) is 4.22. The number of pyridine rings is 1. The van der Waals surface area contributed by atoms with Gasteiger partial charge in [-0.1, -0.05) is 6.07 Å². The van der Waals surface area contributed by atoms with E-state index in [0.717, 1.165) is 31.5 Å². The highest BCUT2D eigenvalue weighted by Gasteiger charge is 2.21. The number of nitrogens with zero attached hydrogens (tertiary/aromatic N) is 2. The first kappa shape index (κ1) is 14.3. The summed E-state index contributed by atoms with van der Waals surface area (Å²) in [4.78, 5) is 3.95. The van der Waals surface area contributed by atoms with E-state index in [4.69, 9.17) is 0 Å². The molecule has 0 saturated heterocycles. The fourth-order valence-electron chi connectivity index (χ4n) is 2.99. The molecule has 1 aliphatic rings. The van der Waals surface area contributed by atoms with Crippen LogP contribution in [0.1, 0.15) is 37.8 Å². The number of imidazole rings is 1. The molecule has 0 bridgehead atoms. The molecule has 0 aromatic carbocycles. The molecule has 6 heteroatoms. The maximum Gasteiger partial charge on any atom is 0.281 e. The van der Waals surface area contributed by atoms with Crippen molar-refractivity contribution in [2.45, 2.75) is 44.2 Å². The van der Waals surface area contributed by atoms with E-state index in [9.17, 15) is 8.78 Å². The number of rotatable bonds is 4. The zero-order valence-electron chi connectivity index (χ0n) is 12.0. The summed E-state index contributed by atoms with van der Waals surface area (Å²) in [6, 6.07) is 6.48. The minimum absolute atomic E-state index is 0.178. The Morgan fingerprint density at radius 2 is 1.90 bits per heavy atom. The van der Waals surface area contributed by atoms with E-state index < -0.39 is 6.43 Å². The molecule has 2 N–H and O–H groups in total. The zero-order chi connectivity index (χ0) is 14.8. The van der Waals surface area contributed by atoms with Crippen LogP contribution in [0.2, 0.25) is 0 Å². The summed E-state index contributed by atoms with van der Waals surface area (Å²) >= 11 is 0. The van der Waals surface area contributed by atoms with E-state index in [1.165, 1.54) is 6.20 Å². The van der Waals surface area contributed by atoms with Gasteiger partial charge in [-0.3, -0.25) is 4.40 Å². The third kappa shape index (κ3) is 3.00. The van der Waals surface area contributed by atoms with Crippen molar-refractivity contribution in [1.29, 1.82) is 0 Å². The molecule has 1 aliphatic carbocycles. The van der Waals surface area contributed by atoms with Crippen LogP contribution < -0.4 is 10.6 Å². The number of hydrogen-bond acceptors (Lipinski definition) is 3. The lowest BCUT2D eigenvalue weighted by atomic mass is 9.91. The third-order valence-corrected chi connectivity index (χ3v) is 4.22. The molecule has 3 rings (SSSR count). The van der Waals surface area contributed by atoms with Crippen LogP contribution in [0, 0.1) is 0 Å². The van der Waals surface area contributed by atoms with E-state index in [2.05, 4.69) is 15.6 Å².